The maximum Gasteiger partial charge on any atom is 0.282 e. The standard InChI is InChI=1S/C26H24N2O3/c1-17-10-15-22(18(2)16-17)23-24(27(3)19-8-6-5-7-9-19)26(30)28(25(23)29)20-11-13-21(31-4)14-12-20/h5-16H,1-4H3. The minimum atomic E-state index is -0.350. The van der Waals surface area contributed by atoms with E-state index in [0.717, 1.165) is 22.4 Å². The number of amides is 2. The van der Waals surface area contributed by atoms with Gasteiger partial charge in [-0.05, 0) is 61.4 Å². The maximum atomic E-state index is 13.6. The maximum absolute atomic E-state index is 13.6. The number of carbonyl (C=O) groups is 2. The third-order valence-corrected chi connectivity index (χ3v) is 5.52. The Labute approximate surface area is 182 Å². The molecule has 0 N–H and O–H groups in total. The van der Waals surface area contributed by atoms with Crippen LogP contribution in [0.5, 0.6) is 5.75 Å². The number of hydrogen-bond acceptors (Lipinski definition) is 4. The fraction of sp³-hybridized carbons (Fsp3) is 0.154. The summed E-state index contributed by atoms with van der Waals surface area (Å²) >= 11 is 0. The molecule has 4 rings (SSSR count). The van der Waals surface area contributed by atoms with E-state index in [-0.39, 0.29) is 11.8 Å². The second-order valence-electron chi connectivity index (χ2n) is 7.58. The van der Waals surface area contributed by atoms with Gasteiger partial charge in [0.2, 0.25) is 0 Å². The van der Waals surface area contributed by atoms with Crippen molar-refractivity contribution in [2.45, 2.75) is 13.8 Å². The molecule has 0 radical (unpaired) electrons. The number of carbonyl (C=O) groups excluding carboxylic acids is 2. The van der Waals surface area contributed by atoms with E-state index < -0.39 is 0 Å². The summed E-state index contributed by atoms with van der Waals surface area (Å²) in [4.78, 5) is 30.3. The molecule has 0 unspecified atom stereocenters. The molecule has 31 heavy (non-hydrogen) atoms. The van der Waals surface area contributed by atoms with Crippen LogP contribution in [0.25, 0.3) is 5.57 Å². The first kappa shape index (κ1) is 20.4. The van der Waals surface area contributed by atoms with Gasteiger partial charge in [-0.2, -0.15) is 0 Å². The van der Waals surface area contributed by atoms with Crippen LogP contribution < -0.4 is 14.5 Å². The van der Waals surface area contributed by atoms with E-state index in [0.29, 0.717) is 22.7 Å². The van der Waals surface area contributed by atoms with Crippen LogP contribution in [0, 0.1) is 13.8 Å². The van der Waals surface area contributed by atoms with Gasteiger partial charge in [0.25, 0.3) is 11.8 Å². The number of para-hydroxylation sites is 1. The Morgan fingerprint density at radius 3 is 2.13 bits per heavy atom. The lowest BCUT2D eigenvalue weighted by Crippen LogP contribution is -2.34. The lowest BCUT2D eigenvalue weighted by atomic mass is 9.97. The number of likely N-dealkylation sites (N-methyl/N-ethyl adjacent to an activating group) is 1. The topological polar surface area (TPSA) is 49.9 Å². The molecule has 0 aromatic heterocycles. The normalized spacial score (nSPS) is 13.7. The first-order valence-electron chi connectivity index (χ1n) is 10.1. The van der Waals surface area contributed by atoms with Gasteiger partial charge in [-0.15, -0.1) is 0 Å². The Morgan fingerprint density at radius 1 is 0.839 bits per heavy atom. The average Bonchev–Trinajstić information content (AvgIpc) is 3.04. The van der Waals surface area contributed by atoms with Crippen molar-refractivity contribution in [2.24, 2.45) is 0 Å². The van der Waals surface area contributed by atoms with E-state index in [9.17, 15) is 9.59 Å². The van der Waals surface area contributed by atoms with Crippen molar-refractivity contribution in [1.82, 2.24) is 0 Å². The highest BCUT2D eigenvalue weighted by Gasteiger charge is 2.42. The van der Waals surface area contributed by atoms with Gasteiger partial charge in [-0.3, -0.25) is 9.59 Å². The van der Waals surface area contributed by atoms with Gasteiger partial charge in [0.15, 0.2) is 0 Å². The molecular weight excluding hydrogens is 388 g/mol. The number of rotatable bonds is 5. The molecule has 0 saturated heterocycles. The van der Waals surface area contributed by atoms with E-state index in [2.05, 4.69) is 0 Å². The molecule has 0 spiro atoms. The fourth-order valence-electron chi connectivity index (χ4n) is 3.91. The molecule has 5 nitrogen and oxygen atoms in total. The van der Waals surface area contributed by atoms with Gasteiger partial charge in [0.1, 0.15) is 11.4 Å². The monoisotopic (exact) mass is 412 g/mol. The smallest absolute Gasteiger partial charge is 0.282 e. The molecule has 1 aliphatic rings. The second-order valence-corrected chi connectivity index (χ2v) is 7.58. The van der Waals surface area contributed by atoms with Crippen molar-refractivity contribution >= 4 is 28.8 Å². The van der Waals surface area contributed by atoms with Gasteiger partial charge < -0.3 is 9.64 Å². The van der Waals surface area contributed by atoms with E-state index in [4.69, 9.17) is 4.74 Å². The number of hydrogen-bond donors (Lipinski definition) is 0. The number of benzene rings is 3. The van der Waals surface area contributed by atoms with Crippen LogP contribution in [0.4, 0.5) is 11.4 Å². The summed E-state index contributed by atoms with van der Waals surface area (Å²) in [5.74, 6) is -0.0246. The number of imide groups is 1. The third-order valence-electron chi connectivity index (χ3n) is 5.52. The highest BCUT2D eigenvalue weighted by Crippen LogP contribution is 2.37. The van der Waals surface area contributed by atoms with E-state index in [1.807, 2.05) is 69.4 Å². The largest absolute Gasteiger partial charge is 0.497 e. The first-order valence-corrected chi connectivity index (χ1v) is 10.1. The van der Waals surface area contributed by atoms with Crippen LogP contribution in [0.15, 0.2) is 78.5 Å². The van der Waals surface area contributed by atoms with Gasteiger partial charge in [0.05, 0.1) is 18.4 Å². The Kier molecular flexibility index (Phi) is 5.34. The molecule has 0 aliphatic carbocycles. The molecule has 3 aromatic rings. The predicted octanol–water partition coefficient (Wildman–Crippen LogP) is 4.73. The summed E-state index contributed by atoms with van der Waals surface area (Å²) in [6.45, 7) is 3.97. The summed E-state index contributed by atoms with van der Waals surface area (Å²) in [5, 5.41) is 0. The molecule has 0 fully saturated rings. The van der Waals surface area contributed by atoms with Crippen LogP contribution in [0.3, 0.4) is 0 Å². The van der Waals surface area contributed by atoms with Crippen molar-refractivity contribution in [1.29, 1.82) is 0 Å². The molecule has 5 heteroatoms. The summed E-state index contributed by atoms with van der Waals surface area (Å²) in [6.07, 6.45) is 0. The molecule has 3 aromatic carbocycles. The van der Waals surface area contributed by atoms with E-state index in [1.165, 1.54) is 4.90 Å². The Morgan fingerprint density at radius 2 is 1.52 bits per heavy atom. The first-order chi connectivity index (χ1) is 14.9. The van der Waals surface area contributed by atoms with E-state index in [1.54, 1.807) is 36.3 Å². The summed E-state index contributed by atoms with van der Waals surface area (Å²) in [5.41, 5.74) is 4.92. The Hall–Kier alpha value is -3.86. The number of anilines is 2. The predicted molar refractivity (Wildman–Crippen MR) is 123 cm³/mol. The minimum absolute atomic E-state index is 0.333. The van der Waals surface area contributed by atoms with Gasteiger partial charge >= 0.3 is 0 Å². The van der Waals surface area contributed by atoms with Gasteiger partial charge in [-0.1, -0.05) is 42.0 Å². The molecule has 2 amide bonds. The Balaban J connectivity index is 1.88. The zero-order valence-electron chi connectivity index (χ0n) is 18.0. The zero-order chi connectivity index (χ0) is 22.1. The van der Waals surface area contributed by atoms with Crippen LogP contribution in [0.1, 0.15) is 16.7 Å². The highest BCUT2D eigenvalue weighted by molar-refractivity contribution is 6.46. The molecule has 1 heterocycles. The van der Waals surface area contributed by atoms with Crippen molar-refractivity contribution in [3.05, 3.63) is 95.2 Å². The van der Waals surface area contributed by atoms with Crippen LogP contribution in [-0.2, 0) is 9.59 Å². The molecule has 156 valence electrons. The van der Waals surface area contributed by atoms with Crippen LogP contribution in [-0.4, -0.2) is 26.0 Å². The van der Waals surface area contributed by atoms with Crippen LogP contribution >= 0.6 is 0 Å². The quantitative estimate of drug-likeness (QED) is 0.569. The lowest BCUT2D eigenvalue weighted by Gasteiger charge is -2.21. The van der Waals surface area contributed by atoms with Crippen LogP contribution in [0.2, 0.25) is 0 Å². The number of methoxy groups -OCH3 is 1. The van der Waals surface area contributed by atoms with Gasteiger partial charge in [-0.25, -0.2) is 4.90 Å². The second kappa shape index (κ2) is 8.11. The highest BCUT2D eigenvalue weighted by atomic mass is 16.5. The van der Waals surface area contributed by atoms with Crippen molar-refractivity contribution in [3.63, 3.8) is 0 Å². The van der Waals surface area contributed by atoms with E-state index >= 15 is 0 Å². The third kappa shape index (κ3) is 3.59. The fourth-order valence-corrected chi connectivity index (χ4v) is 3.91. The molecule has 0 bridgehead atoms. The average molecular weight is 412 g/mol. The molecule has 1 aliphatic heterocycles. The summed E-state index contributed by atoms with van der Waals surface area (Å²) in [7, 11) is 3.39. The van der Waals surface area contributed by atoms with Gasteiger partial charge in [0, 0.05) is 12.7 Å². The summed E-state index contributed by atoms with van der Waals surface area (Å²) < 4.78 is 5.21. The number of ether oxygens (including phenoxy) is 1. The van der Waals surface area contributed by atoms with Crippen molar-refractivity contribution in [2.75, 3.05) is 24.0 Å². The number of aryl methyl sites for hydroxylation is 2. The zero-order valence-corrected chi connectivity index (χ0v) is 18.0. The molecular formula is C26H24N2O3. The van der Waals surface area contributed by atoms with Crippen molar-refractivity contribution < 1.29 is 14.3 Å². The summed E-state index contributed by atoms with van der Waals surface area (Å²) in [6, 6.07) is 22.4. The SMILES string of the molecule is COc1ccc(N2C(=O)C(c3ccc(C)cc3C)=C(N(C)c3ccccc3)C2=O)cc1. The Bertz CT molecular complexity index is 1180. The molecule has 0 atom stereocenters. The van der Waals surface area contributed by atoms with Crippen molar-refractivity contribution in [3.8, 4) is 5.75 Å². The number of nitrogens with zero attached hydrogens (tertiary/aromatic N) is 2. The lowest BCUT2D eigenvalue weighted by molar-refractivity contribution is -0.120. The minimum Gasteiger partial charge on any atom is -0.497 e. The molecule has 0 saturated carbocycles.